The zero-order valence-corrected chi connectivity index (χ0v) is 6.70. The molecule has 0 aliphatic heterocycles. The second-order valence-corrected chi connectivity index (χ2v) is 3.25. The molecule has 0 saturated carbocycles. The lowest BCUT2D eigenvalue weighted by Gasteiger charge is -1.96. The van der Waals surface area contributed by atoms with Crippen LogP contribution in [0.3, 0.4) is 0 Å². The van der Waals surface area contributed by atoms with E-state index < -0.39 is 0 Å². The van der Waals surface area contributed by atoms with Crippen LogP contribution >= 0.6 is 12.6 Å². The van der Waals surface area contributed by atoms with E-state index in [4.69, 9.17) is 0 Å². The lowest BCUT2D eigenvalue weighted by Crippen LogP contribution is -1.85. The number of hydrogen-bond donors (Lipinski definition) is 1. The van der Waals surface area contributed by atoms with Gasteiger partial charge in [0.15, 0.2) is 0 Å². The first-order valence-electron chi connectivity index (χ1n) is 2.94. The minimum absolute atomic E-state index is 0.505. The van der Waals surface area contributed by atoms with Crippen molar-refractivity contribution in [1.29, 1.82) is 0 Å². The third-order valence-corrected chi connectivity index (χ3v) is 1.08. The molecule has 0 aliphatic carbocycles. The molecule has 1 heteroatoms. The second-order valence-electron chi connectivity index (χ2n) is 2.37. The quantitative estimate of drug-likeness (QED) is 0.431. The van der Waals surface area contributed by atoms with E-state index in [-0.39, 0.29) is 0 Å². The summed E-state index contributed by atoms with van der Waals surface area (Å²) in [5.74, 6) is 0. The van der Waals surface area contributed by atoms with Crippen LogP contribution in [0.5, 0.6) is 0 Å². The predicted octanol–water partition coefficient (Wildman–Crippen LogP) is 2.66. The van der Waals surface area contributed by atoms with Crippen molar-refractivity contribution in [3.05, 3.63) is 11.6 Å². The molecule has 0 aromatic carbocycles. The molecule has 0 N–H and O–H groups in total. The molecule has 8 heavy (non-hydrogen) atoms. The zero-order valence-electron chi connectivity index (χ0n) is 5.81. The Kier molecular flexibility index (Phi) is 4.06. The van der Waals surface area contributed by atoms with Crippen LogP contribution in [0, 0.1) is 0 Å². The SMILES string of the molecule is CC(C)=CCC(C)S. The molecule has 1 unspecified atom stereocenters. The zero-order chi connectivity index (χ0) is 6.57. The van der Waals surface area contributed by atoms with Crippen LogP contribution in [0.25, 0.3) is 0 Å². The molecule has 0 aliphatic rings. The molecule has 1 atom stereocenters. The highest BCUT2D eigenvalue weighted by Crippen LogP contribution is 2.02. The Hall–Kier alpha value is 0.0900. The summed E-state index contributed by atoms with van der Waals surface area (Å²) < 4.78 is 0. The van der Waals surface area contributed by atoms with Crippen LogP contribution in [0.4, 0.5) is 0 Å². The number of rotatable bonds is 2. The van der Waals surface area contributed by atoms with Gasteiger partial charge in [-0.25, -0.2) is 0 Å². The van der Waals surface area contributed by atoms with Gasteiger partial charge in [-0.15, -0.1) is 0 Å². The Morgan fingerprint density at radius 2 is 2.12 bits per heavy atom. The molecule has 0 saturated heterocycles. The van der Waals surface area contributed by atoms with E-state index in [1.807, 2.05) is 0 Å². The van der Waals surface area contributed by atoms with Crippen molar-refractivity contribution in [2.45, 2.75) is 32.4 Å². The summed E-state index contributed by atoms with van der Waals surface area (Å²) in [4.78, 5) is 0. The molecule has 0 spiro atoms. The highest BCUT2D eigenvalue weighted by atomic mass is 32.1. The van der Waals surface area contributed by atoms with Gasteiger partial charge in [-0.1, -0.05) is 18.6 Å². The maximum Gasteiger partial charge on any atom is 0.00230 e. The summed E-state index contributed by atoms with van der Waals surface area (Å²) in [5, 5.41) is 0.505. The average Bonchev–Trinajstić information content (AvgIpc) is 1.61. The molecule has 0 heterocycles. The fraction of sp³-hybridized carbons (Fsp3) is 0.714. The number of allylic oxidation sites excluding steroid dienone is 2. The van der Waals surface area contributed by atoms with E-state index in [0.29, 0.717) is 5.25 Å². The average molecular weight is 130 g/mol. The summed E-state index contributed by atoms with van der Waals surface area (Å²) in [6.45, 7) is 6.31. The Morgan fingerprint density at radius 3 is 2.25 bits per heavy atom. The van der Waals surface area contributed by atoms with E-state index in [2.05, 4.69) is 39.5 Å². The van der Waals surface area contributed by atoms with E-state index in [1.54, 1.807) is 0 Å². The summed E-state index contributed by atoms with van der Waals surface area (Å²) in [5.41, 5.74) is 1.38. The van der Waals surface area contributed by atoms with Gasteiger partial charge in [-0.05, 0) is 20.3 Å². The van der Waals surface area contributed by atoms with E-state index in [1.165, 1.54) is 5.57 Å². The number of thiol groups is 1. The fourth-order valence-corrected chi connectivity index (χ4v) is 0.512. The first-order chi connectivity index (χ1) is 3.63. The highest BCUT2D eigenvalue weighted by Gasteiger charge is 1.87. The second kappa shape index (κ2) is 4.02. The highest BCUT2D eigenvalue weighted by molar-refractivity contribution is 7.80. The normalized spacial score (nSPS) is 13.0. The summed E-state index contributed by atoms with van der Waals surface area (Å²) in [7, 11) is 0. The molecule has 0 bridgehead atoms. The third kappa shape index (κ3) is 6.09. The van der Waals surface area contributed by atoms with Gasteiger partial charge in [-0.3, -0.25) is 0 Å². The van der Waals surface area contributed by atoms with E-state index in [0.717, 1.165) is 6.42 Å². The van der Waals surface area contributed by atoms with Crippen LogP contribution < -0.4 is 0 Å². The molecule has 0 radical (unpaired) electrons. The minimum Gasteiger partial charge on any atom is -0.176 e. The van der Waals surface area contributed by atoms with Crippen molar-refractivity contribution in [3.8, 4) is 0 Å². The van der Waals surface area contributed by atoms with Gasteiger partial charge in [0.05, 0.1) is 0 Å². The van der Waals surface area contributed by atoms with Crippen molar-refractivity contribution >= 4 is 12.6 Å². The van der Waals surface area contributed by atoms with Gasteiger partial charge in [-0.2, -0.15) is 12.6 Å². The molecule has 0 aromatic rings. The standard InChI is InChI=1S/C7H14S/c1-6(2)4-5-7(3)8/h4,7-8H,5H2,1-3H3. The van der Waals surface area contributed by atoms with Gasteiger partial charge in [0.25, 0.3) is 0 Å². The molecular formula is C7H14S. The molecular weight excluding hydrogens is 116 g/mol. The predicted molar refractivity (Wildman–Crippen MR) is 42.5 cm³/mol. The smallest absolute Gasteiger partial charge is 0.00230 e. The van der Waals surface area contributed by atoms with E-state index >= 15 is 0 Å². The summed E-state index contributed by atoms with van der Waals surface area (Å²) >= 11 is 4.23. The molecule has 0 aromatic heterocycles. The van der Waals surface area contributed by atoms with Crippen molar-refractivity contribution in [3.63, 3.8) is 0 Å². The monoisotopic (exact) mass is 130 g/mol. The third-order valence-electron chi connectivity index (χ3n) is 0.867. The molecule has 48 valence electrons. The molecule has 0 nitrogen and oxygen atoms in total. The van der Waals surface area contributed by atoms with E-state index in [9.17, 15) is 0 Å². The molecule has 0 amide bonds. The van der Waals surface area contributed by atoms with Gasteiger partial charge >= 0.3 is 0 Å². The lowest BCUT2D eigenvalue weighted by atomic mass is 10.2. The lowest BCUT2D eigenvalue weighted by molar-refractivity contribution is 0.978. The Morgan fingerprint density at radius 1 is 1.62 bits per heavy atom. The van der Waals surface area contributed by atoms with Crippen LogP contribution in [-0.4, -0.2) is 5.25 Å². The van der Waals surface area contributed by atoms with Crippen molar-refractivity contribution in [1.82, 2.24) is 0 Å². The van der Waals surface area contributed by atoms with Crippen LogP contribution in [0.2, 0.25) is 0 Å². The van der Waals surface area contributed by atoms with Gasteiger partial charge in [0.1, 0.15) is 0 Å². The summed E-state index contributed by atoms with van der Waals surface area (Å²) in [6.07, 6.45) is 3.29. The van der Waals surface area contributed by atoms with Crippen molar-refractivity contribution in [2.24, 2.45) is 0 Å². The molecule has 0 rings (SSSR count). The van der Waals surface area contributed by atoms with Crippen LogP contribution in [-0.2, 0) is 0 Å². The Balaban J connectivity index is 3.29. The fourth-order valence-electron chi connectivity index (χ4n) is 0.406. The first kappa shape index (κ1) is 8.09. The van der Waals surface area contributed by atoms with Gasteiger partial charge < -0.3 is 0 Å². The topological polar surface area (TPSA) is 0 Å². The Labute approximate surface area is 57.4 Å². The van der Waals surface area contributed by atoms with Crippen LogP contribution in [0.15, 0.2) is 11.6 Å². The van der Waals surface area contributed by atoms with Gasteiger partial charge in [0.2, 0.25) is 0 Å². The maximum absolute atomic E-state index is 4.23. The molecule has 0 fully saturated rings. The number of hydrogen-bond acceptors (Lipinski definition) is 1. The minimum atomic E-state index is 0.505. The maximum atomic E-state index is 4.23. The summed E-state index contributed by atoms with van der Waals surface area (Å²) in [6, 6.07) is 0. The van der Waals surface area contributed by atoms with Crippen LogP contribution in [0.1, 0.15) is 27.2 Å². The largest absolute Gasteiger partial charge is 0.176 e. The first-order valence-corrected chi connectivity index (χ1v) is 3.46. The van der Waals surface area contributed by atoms with Crippen molar-refractivity contribution in [2.75, 3.05) is 0 Å². The van der Waals surface area contributed by atoms with Gasteiger partial charge in [0, 0.05) is 5.25 Å². The van der Waals surface area contributed by atoms with Crippen molar-refractivity contribution < 1.29 is 0 Å². The Bertz CT molecular complexity index is 78.4.